The topological polar surface area (TPSA) is 146 Å². The van der Waals surface area contributed by atoms with E-state index in [9.17, 15) is 14.7 Å². The number of aryl methyl sites for hydroxylation is 1. The van der Waals surface area contributed by atoms with Gasteiger partial charge in [0.05, 0.1) is 6.04 Å². The average Bonchev–Trinajstić information content (AvgIpc) is 3.37. The summed E-state index contributed by atoms with van der Waals surface area (Å²) in [7, 11) is 0. The second-order valence-corrected chi connectivity index (χ2v) is 10.2. The minimum Gasteiger partial charge on any atom is -0.508 e. The van der Waals surface area contributed by atoms with E-state index in [-0.39, 0.29) is 18.1 Å². The highest BCUT2D eigenvalue weighted by Gasteiger charge is 2.25. The number of hydrogen-bond donors (Lipinski definition) is 6. The molecule has 8 heteroatoms. The van der Waals surface area contributed by atoms with Gasteiger partial charge in [0.1, 0.15) is 11.8 Å². The van der Waals surface area contributed by atoms with Gasteiger partial charge in [-0.25, -0.2) is 0 Å². The average molecular weight is 542 g/mol. The molecule has 0 aliphatic rings. The molecular weight excluding hydrogens is 502 g/mol. The number of para-hydroxylation sites is 1. The van der Waals surface area contributed by atoms with Gasteiger partial charge in [-0.1, -0.05) is 54.6 Å². The first kappa shape index (κ1) is 28.9. The van der Waals surface area contributed by atoms with E-state index in [1.54, 1.807) is 24.3 Å². The molecule has 0 spiro atoms. The van der Waals surface area contributed by atoms with Crippen molar-refractivity contribution < 1.29 is 14.7 Å². The highest BCUT2D eigenvalue weighted by Crippen LogP contribution is 2.19. The Balaban J connectivity index is 1.38. The van der Waals surface area contributed by atoms with Crippen LogP contribution in [0.2, 0.25) is 0 Å². The lowest BCUT2D eigenvalue weighted by Crippen LogP contribution is -2.53. The molecule has 0 saturated heterocycles. The standard InChI is InChI=1S/C32H39N5O3/c33-17-4-3-5-22-8-10-23(11-9-22)16-18-35-32(40)30(20-25-21-36-29-7-2-1-6-27(25)29)37-31(39)28(34)19-24-12-14-26(38)15-13-24/h1-2,6-15,21,28,30,36,38H,3-5,16-20,33-34H2,(H,35,40)(H,37,39)/t28-,30-/m0/s1. The van der Waals surface area contributed by atoms with Crippen molar-refractivity contribution in [1.82, 2.24) is 15.6 Å². The summed E-state index contributed by atoms with van der Waals surface area (Å²) in [5.41, 5.74) is 16.9. The zero-order chi connectivity index (χ0) is 28.3. The minimum atomic E-state index is -0.842. The van der Waals surface area contributed by atoms with Crippen molar-refractivity contribution in [2.24, 2.45) is 11.5 Å². The van der Waals surface area contributed by atoms with E-state index in [0.29, 0.717) is 25.9 Å². The summed E-state index contributed by atoms with van der Waals surface area (Å²) in [5, 5.41) is 16.4. The second kappa shape index (κ2) is 14.3. The monoisotopic (exact) mass is 541 g/mol. The maximum Gasteiger partial charge on any atom is 0.242 e. The Kier molecular flexibility index (Phi) is 10.3. The number of nitrogens with two attached hydrogens (primary N) is 2. The van der Waals surface area contributed by atoms with Crippen molar-refractivity contribution in [2.45, 2.75) is 50.6 Å². The number of amides is 2. The number of carbonyl (C=O) groups is 2. The number of unbranched alkanes of at least 4 members (excludes halogenated alkanes) is 1. The van der Waals surface area contributed by atoms with Gasteiger partial charge >= 0.3 is 0 Å². The number of nitrogens with one attached hydrogen (secondary N) is 3. The lowest BCUT2D eigenvalue weighted by atomic mass is 10.0. The van der Waals surface area contributed by atoms with Gasteiger partial charge in [-0.3, -0.25) is 9.59 Å². The lowest BCUT2D eigenvalue weighted by molar-refractivity contribution is -0.129. The third-order valence-electron chi connectivity index (χ3n) is 7.12. The van der Waals surface area contributed by atoms with Crippen LogP contribution in [0.3, 0.4) is 0 Å². The molecule has 1 heterocycles. The van der Waals surface area contributed by atoms with Crippen LogP contribution in [0.5, 0.6) is 5.75 Å². The number of phenolic OH excluding ortho intramolecular Hbond substituents is 1. The number of aromatic hydroxyl groups is 1. The number of phenols is 1. The molecule has 8 nitrogen and oxygen atoms in total. The molecule has 4 aromatic rings. The largest absolute Gasteiger partial charge is 0.508 e. The Morgan fingerprint density at radius 1 is 0.825 bits per heavy atom. The van der Waals surface area contributed by atoms with E-state index in [1.807, 2.05) is 30.5 Å². The van der Waals surface area contributed by atoms with Crippen LogP contribution in [0.1, 0.15) is 35.1 Å². The molecule has 0 aliphatic heterocycles. The predicted octanol–water partition coefficient (Wildman–Crippen LogP) is 3.11. The molecule has 3 aromatic carbocycles. The van der Waals surface area contributed by atoms with Crippen LogP contribution >= 0.6 is 0 Å². The Morgan fingerprint density at radius 3 is 2.23 bits per heavy atom. The SMILES string of the molecule is NCCCCc1ccc(CCNC(=O)[C@H](Cc2c[nH]c3ccccc23)NC(=O)[C@@H](N)Cc2ccc(O)cc2)cc1. The summed E-state index contributed by atoms with van der Waals surface area (Å²) in [6, 6.07) is 21.3. The molecule has 0 unspecified atom stereocenters. The van der Waals surface area contributed by atoms with Gasteiger partial charge < -0.3 is 32.2 Å². The van der Waals surface area contributed by atoms with E-state index in [0.717, 1.165) is 46.9 Å². The smallest absolute Gasteiger partial charge is 0.242 e. The van der Waals surface area contributed by atoms with Crippen LogP contribution in [0.15, 0.2) is 79.0 Å². The molecule has 40 heavy (non-hydrogen) atoms. The third kappa shape index (κ3) is 8.18. The third-order valence-corrected chi connectivity index (χ3v) is 7.12. The Hall–Kier alpha value is -4.14. The van der Waals surface area contributed by atoms with Crippen LogP contribution in [-0.4, -0.2) is 47.1 Å². The van der Waals surface area contributed by atoms with Gasteiger partial charge in [0.2, 0.25) is 11.8 Å². The molecule has 0 saturated carbocycles. The lowest BCUT2D eigenvalue weighted by Gasteiger charge is -2.21. The summed E-state index contributed by atoms with van der Waals surface area (Å²) in [4.78, 5) is 29.6. The van der Waals surface area contributed by atoms with Crippen molar-refractivity contribution in [1.29, 1.82) is 0 Å². The van der Waals surface area contributed by atoms with Gasteiger partial charge in [-0.15, -0.1) is 0 Å². The first-order valence-electron chi connectivity index (χ1n) is 13.9. The predicted molar refractivity (Wildman–Crippen MR) is 159 cm³/mol. The van der Waals surface area contributed by atoms with Crippen LogP contribution < -0.4 is 22.1 Å². The van der Waals surface area contributed by atoms with Gasteiger partial charge in [-0.05, 0) is 79.1 Å². The zero-order valence-corrected chi connectivity index (χ0v) is 22.7. The molecule has 0 fully saturated rings. The molecule has 8 N–H and O–H groups in total. The van der Waals surface area contributed by atoms with Crippen molar-refractivity contribution in [3.63, 3.8) is 0 Å². The van der Waals surface area contributed by atoms with Crippen LogP contribution in [-0.2, 0) is 35.3 Å². The quantitative estimate of drug-likeness (QED) is 0.136. The number of benzene rings is 3. The molecule has 1 aromatic heterocycles. The van der Waals surface area contributed by atoms with E-state index in [4.69, 9.17) is 11.5 Å². The first-order chi connectivity index (χ1) is 19.4. The number of aromatic amines is 1. The second-order valence-electron chi connectivity index (χ2n) is 10.2. The Morgan fingerprint density at radius 2 is 1.50 bits per heavy atom. The van der Waals surface area contributed by atoms with Crippen molar-refractivity contribution in [2.75, 3.05) is 13.1 Å². The summed E-state index contributed by atoms with van der Waals surface area (Å²) >= 11 is 0. The molecule has 0 radical (unpaired) electrons. The molecule has 4 rings (SSSR count). The highest BCUT2D eigenvalue weighted by molar-refractivity contribution is 5.91. The number of fused-ring (bicyclic) bond motifs is 1. The normalized spacial score (nSPS) is 12.7. The van der Waals surface area contributed by atoms with Gasteiger partial charge in [0.15, 0.2) is 0 Å². The van der Waals surface area contributed by atoms with Crippen molar-refractivity contribution >= 4 is 22.7 Å². The van der Waals surface area contributed by atoms with Crippen molar-refractivity contribution in [3.8, 4) is 5.75 Å². The molecule has 2 atom stereocenters. The fourth-order valence-electron chi connectivity index (χ4n) is 4.79. The molecule has 2 amide bonds. The molecule has 210 valence electrons. The van der Waals surface area contributed by atoms with Crippen LogP contribution in [0.4, 0.5) is 0 Å². The maximum atomic E-state index is 13.3. The summed E-state index contributed by atoms with van der Waals surface area (Å²) < 4.78 is 0. The van der Waals surface area contributed by atoms with E-state index in [1.165, 1.54) is 5.56 Å². The Labute approximate surface area is 235 Å². The number of carbonyl (C=O) groups excluding carboxylic acids is 2. The van der Waals surface area contributed by atoms with E-state index < -0.39 is 18.0 Å². The fourth-order valence-corrected chi connectivity index (χ4v) is 4.79. The molecule has 0 aliphatic carbocycles. The van der Waals surface area contributed by atoms with Crippen LogP contribution in [0, 0.1) is 0 Å². The van der Waals surface area contributed by atoms with Gasteiger partial charge in [0.25, 0.3) is 0 Å². The molecule has 0 bridgehead atoms. The van der Waals surface area contributed by atoms with Crippen LogP contribution in [0.25, 0.3) is 10.9 Å². The number of hydrogen-bond acceptors (Lipinski definition) is 5. The summed E-state index contributed by atoms with van der Waals surface area (Å²) in [5.74, 6) is -0.511. The maximum absolute atomic E-state index is 13.3. The zero-order valence-electron chi connectivity index (χ0n) is 22.7. The number of H-pyrrole nitrogens is 1. The Bertz CT molecular complexity index is 1380. The highest BCUT2D eigenvalue weighted by atomic mass is 16.3. The van der Waals surface area contributed by atoms with Gasteiger partial charge in [-0.2, -0.15) is 0 Å². The molecular formula is C32H39N5O3. The fraction of sp³-hybridized carbons (Fsp3) is 0.312. The summed E-state index contributed by atoms with van der Waals surface area (Å²) in [6.07, 6.45) is 6.28. The summed E-state index contributed by atoms with van der Waals surface area (Å²) in [6.45, 7) is 1.16. The number of aromatic nitrogens is 1. The van der Waals surface area contributed by atoms with E-state index in [2.05, 4.69) is 39.9 Å². The van der Waals surface area contributed by atoms with Crippen molar-refractivity contribution in [3.05, 3.63) is 101 Å². The number of rotatable bonds is 14. The van der Waals surface area contributed by atoms with E-state index >= 15 is 0 Å². The minimum absolute atomic E-state index is 0.149. The first-order valence-corrected chi connectivity index (χ1v) is 13.9. The van der Waals surface area contributed by atoms with Gasteiger partial charge in [0, 0.05) is 30.1 Å².